The van der Waals surface area contributed by atoms with Gasteiger partial charge in [0.05, 0.1) is 0 Å². The number of carbonyl (C=O) groups is 1. The number of benzene rings is 1. The molecule has 1 heterocycles. The van der Waals surface area contributed by atoms with E-state index >= 15 is 0 Å². The Balaban J connectivity index is 1.90. The van der Waals surface area contributed by atoms with Gasteiger partial charge in [-0.25, -0.2) is 4.98 Å². The first-order valence-electron chi connectivity index (χ1n) is 5.62. The normalized spacial score (nSPS) is 10.1. The third-order valence-corrected chi connectivity index (χ3v) is 2.52. The molecule has 5 nitrogen and oxygen atoms in total. The monoisotopic (exact) mass is 245 g/mol. The summed E-state index contributed by atoms with van der Waals surface area (Å²) in [5.74, 6) is 0.994. The van der Waals surface area contributed by atoms with E-state index < -0.39 is 0 Å². The van der Waals surface area contributed by atoms with Gasteiger partial charge < -0.3 is 9.30 Å². The highest BCUT2D eigenvalue weighted by Crippen LogP contribution is 2.15. The van der Waals surface area contributed by atoms with Crippen LogP contribution in [0.3, 0.4) is 0 Å². The highest BCUT2D eigenvalue weighted by Gasteiger charge is 2.07. The number of aryl methyl sites for hydroxylation is 2. The van der Waals surface area contributed by atoms with Gasteiger partial charge in [-0.1, -0.05) is 18.2 Å². The van der Waals surface area contributed by atoms with Gasteiger partial charge >= 0.3 is 0 Å². The molecule has 1 aromatic heterocycles. The molecule has 0 aliphatic rings. The zero-order valence-electron chi connectivity index (χ0n) is 10.4. The van der Waals surface area contributed by atoms with Crippen molar-refractivity contribution in [3.63, 3.8) is 0 Å². The maximum Gasteiger partial charge on any atom is 0.264 e. The average molecular weight is 245 g/mol. The van der Waals surface area contributed by atoms with Gasteiger partial charge in [0.25, 0.3) is 5.91 Å². The second-order valence-corrected chi connectivity index (χ2v) is 3.96. The number of para-hydroxylation sites is 1. The minimum absolute atomic E-state index is 0.0300. The van der Waals surface area contributed by atoms with Crippen molar-refractivity contribution >= 4 is 11.9 Å². The second-order valence-electron chi connectivity index (χ2n) is 3.96. The third-order valence-electron chi connectivity index (χ3n) is 2.52. The van der Waals surface area contributed by atoms with Crippen LogP contribution in [0.15, 0.2) is 36.7 Å². The molecule has 94 valence electrons. The van der Waals surface area contributed by atoms with E-state index in [-0.39, 0.29) is 12.5 Å². The highest BCUT2D eigenvalue weighted by atomic mass is 16.5. The van der Waals surface area contributed by atoms with E-state index in [9.17, 15) is 4.79 Å². The Bertz CT molecular complexity index is 549. The summed E-state index contributed by atoms with van der Waals surface area (Å²) in [4.78, 5) is 15.7. The van der Waals surface area contributed by atoms with Gasteiger partial charge in [-0.15, -0.1) is 0 Å². The van der Waals surface area contributed by atoms with Crippen LogP contribution >= 0.6 is 0 Å². The largest absolute Gasteiger partial charge is 0.483 e. The summed E-state index contributed by atoms with van der Waals surface area (Å²) < 4.78 is 7.17. The van der Waals surface area contributed by atoms with Crippen molar-refractivity contribution in [1.29, 1.82) is 0 Å². The number of hydrogen-bond acceptors (Lipinski definition) is 3. The van der Waals surface area contributed by atoms with Gasteiger partial charge in [-0.3, -0.25) is 10.1 Å². The SMILES string of the molecule is Cc1ccccc1OCC(=O)Nc1nccn1C. The first-order chi connectivity index (χ1) is 8.66. The standard InChI is InChI=1S/C13H15N3O2/c1-10-5-3-4-6-11(10)18-9-12(17)15-13-14-7-8-16(13)2/h3-8H,9H2,1-2H3,(H,14,15,17). The molecule has 0 aliphatic heterocycles. The number of aromatic nitrogens is 2. The Labute approximate surface area is 105 Å². The lowest BCUT2D eigenvalue weighted by Gasteiger charge is -2.09. The Kier molecular flexibility index (Phi) is 3.62. The number of amides is 1. The van der Waals surface area contributed by atoms with Crippen molar-refractivity contribution in [2.24, 2.45) is 7.05 Å². The highest BCUT2D eigenvalue weighted by molar-refractivity contribution is 5.90. The van der Waals surface area contributed by atoms with Crippen LogP contribution in [-0.2, 0) is 11.8 Å². The third kappa shape index (κ3) is 2.88. The van der Waals surface area contributed by atoms with Crippen LogP contribution < -0.4 is 10.1 Å². The van der Waals surface area contributed by atoms with Gasteiger partial charge in [-0.05, 0) is 18.6 Å². The lowest BCUT2D eigenvalue weighted by Crippen LogP contribution is -2.22. The molecule has 0 fully saturated rings. The van der Waals surface area contributed by atoms with Crippen molar-refractivity contribution in [3.05, 3.63) is 42.2 Å². The molecular formula is C13H15N3O2. The minimum atomic E-state index is -0.229. The first-order valence-corrected chi connectivity index (χ1v) is 5.62. The van der Waals surface area contributed by atoms with Crippen LogP contribution in [0.4, 0.5) is 5.95 Å². The van der Waals surface area contributed by atoms with Gasteiger partial charge in [-0.2, -0.15) is 0 Å². The lowest BCUT2D eigenvalue weighted by atomic mass is 10.2. The average Bonchev–Trinajstić information content (AvgIpc) is 2.74. The molecule has 0 saturated heterocycles. The van der Waals surface area contributed by atoms with Gasteiger partial charge in [0.1, 0.15) is 5.75 Å². The fourth-order valence-corrected chi connectivity index (χ4v) is 1.51. The molecular weight excluding hydrogens is 230 g/mol. The summed E-state index contributed by atoms with van der Waals surface area (Å²) >= 11 is 0. The molecule has 0 saturated carbocycles. The lowest BCUT2D eigenvalue weighted by molar-refractivity contribution is -0.118. The molecule has 0 unspecified atom stereocenters. The quantitative estimate of drug-likeness (QED) is 0.892. The van der Waals surface area contributed by atoms with E-state index in [1.54, 1.807) is 17.0 Å². The summed E-state index contributed by atoms with van der Waals surface area (Å²) in [6.45, 7) is 1.91. The van der Waals surface area contributed by atoms with Crippen molar-refractivity contribution in [3.8, 4) is 5.75 Å². The van der Waals surface area contributed by atoms with E-state index in [0.29, 0.717) is 11.7 Å². The summed E-state index contributed by atoms with van der Waals surface area (Å²) in [5, 5.41) is 2.67. The minimum Gasteiger partial charge on any atom is -0.483 e. The zero-order chi connectivity index (χ0) is 13.0. The van der Waals surface area contributed by atoms with E-state index in [2.05, 4.69) is 10.3 Å². The Morgan fingerprint density at radius 2 is 2.22 bits per heavy atom. The van der Waals surface area contributed by atoms with E-state index in [0.717, 1.165) is 5.56 Å². The molecule has 0 radical (unpaired) electrons. The Morgan fingerprint density at radius 1 is 1.44 bits per heavy atom. The molecule has 0 atom stereocenters. The topological polar surface area (TPSA) is 56.1 Å². The van der Waals surface area contributed by atoms with E-state index in [1.165, 1.54) is 0 Å². The zero-order valence-corrected chi connectivity index (χ0v) is 10.4. The van der Waals surface area contributed by atoms with E-state index in [4.69, 9.17) is 4.74 Å². The molecule has 1 aromatic carbocycles. The van der Waals surface area contributed by atoms with Crippen molar-refractivity contribution in [2.75, 3.05) is 11.9 Å². The molecule has 1 N–H and O–H groups in total. The van der Waals surface area contributed by atoms with Crippen LogP contribution in [0, 0.1) is 6.92 Å². The van der Waals surface area contributed by atoms with Crippen molar-refractivity contribution in [1.82, 2.24) is 9.55 Å². The number of imidazole rings is 1. The summed E-state index contributed by atoms with van der Waals surface area (Å²) in [6.07, 6.45) is 3.38. The number of hydrogen-bond donors (Lipinski definition) is 1. The molecule has 0 aliphatic carbocycles. The molecule has 5 heteroatoms. The predicted molar refractivity (Wildman–Crippen MR) is 68.5 cm³/mol. The van der Waals surface area contributed by atoms with Crippen LogP contribution in [0.25, 0.3) is 0 Å². The fourth-order valence-electron chi connectivity index (χ4n) is 1.51. The van der Waals surface area contributed by atoms with Gasteiger partial charge in [0.2, 0.25) is 5.95 Å². The molecule has 18 heavy (non-hydrogen) atoms. The summed E-state index contributed by atoms with van der Waals surface area (Å²) in [6, 6.07) is 7.57. The molecule has 2 aromatic rings. The fraction of sp³-hybridized carbons (Fsp3) is 0.231. The maximum atomic E-state index is 11.7. The summed E-state index contributed by atoms with van der Waals surface area (Å²) in [5.41, 5.74) is 1.00. The van der Waals surface area contributed by atoms with Crippen LogP contribution in [0.2, 0.25) is 0 Å². The molecule has 2 rings (SSSR count). The number of carbonyl (C=O) groups excluding carboxylic acids is 1. The summed E-state index contributed by atoms with van der Waals surface area (Å²) in [7, 11) is 1.81. The van der Waals surface area contributed by atoms with Crippen LogP contribution in [0.5, 0.6) is 5.75 Å². The maximum absolute atomic E-state index is 11.7. The Morgan fingerprint density at radius 3 is 2.89 bits per heavy atom. The molecule has 1 amide bonds. The van der Waals surface area contributed by atoms with Gasteiger partial charge in [0.15, 0.2) is 6.61 Å². The first kappa shape index (κ1) is 12.2. The Hall–Kier alpha value is -2.30. The number of rotatable bonds is 4. The number of nitrogens with zero attached hydrogens (tertiary/aromatic N) is 2. The van der Waals surface area contributed by atoms with Gasteiger partial charge in [0, 0.05) is 19.4 Å². The molecule has 0 bridgehead atoms. The molecule has 0 spiro atoms. The number of ether oxygens (including phenoxy) is 1. The predicted octanol–water partition coefficient (Wildman–Crippen LogP) is 1.75. The second kappa shape index (κ2) is 5.35. The number of anilines is 1. The van der Waals surface area contributed by atoms with Crippen molar-refractivity contribution in [2.45, 2.75) is 6.92 Å². The number of nitrogens with one attached hydrogen (secondary N) is 1. The van der Waals surface area contributed by atoms with Crippen LogP contribution in [-0.4, -0.2) is 22.1 Å². The van der Waals surface area contributed by atoms with E-state index in [1.807, 2.05) is 38.2 Å². The van der Waals surface area contributed by atoms with Crippen LogP contribution in [0.1, 0.15) is 5.56 Å². The smallest absolute Gasteiger partial charge is 0.264 e. The van der Waals surface area contributed by atoms with Crippen molar-refractivity contribution < 1.29 is 9.53 Å².